The van der Waals surface area contributed by atoms with Crippen molar-refractivity contribution in [1.29, 1.82) is 5.26 Å². The van der Waals surface area contributed by atoms with Gasteiger partial charge in [-0.25, -0.2) is 0 Å². The molecule has 1 atom stereocenters. The molecule has 0 spiro atoms. The Balaban J connectivity index is 2.35. The SMILES string of the molecule is CN(c1ccc(C#N)c(C(F)(F)F)c1)C1CCNC1. The number of alkyl halides is 3. The highest BCUT2D eigenvalue weighted by Crippen LogP contribution is 2.34. The Morgan fingerprint density at radius 1 is 1.42 bits per heavy atom. The standard InChI is InChI=1S/C13H14F3N3/c1-19(11-4-5-18-8-11)10-3-2-9(7-17)12(6-10)13(14,15)16/h2-3,6,11,18H,4-5,8H2,1H3. The number of nitrogens with zero attached hydrogens (tertiary/aromatic N) is 2. The van der Waals surface area contributed by atoms with Gasteiger partial charge in [0.1, 0.15) is 0 Å². The lowest BCUT2D eigenvalue weighted by Crippen LogP contribution is -2.33. The Kier molecular flexibility index (Phi) is 3.67. The van der Waals surface area contributed by atoms with Crippen LogP contribution in [0.5, 0.6) is 0 Å². The zero-order valence-electron chi connectivity index (χ0n) is 10.5. The fourth-order valence-electron chi connectivity index (χ4n) is 2.26. The first-order valence-corrected chi connectivity index (χ1v) is 5.98. The third kappa shape index (κ3) is 2.82. The third-order valence-corrected chi connectivity index (χ3v) is 3.42. The van der Waals surface area contributed by atoms with E-state index in [1.807, 2.05) is 4.90 Å². The second kappa shape index (κ2) is 5.10. The summed E-state index contributed by atoms with van der Waals surface area (Å²) in [5, 5.41) is 11.9. The van der Waals surface area contributed by atoms with Crippen LogP contribution in [0.25, 0.3) is 0 Å². The minimum Gasteiger partial charge on any atom is -0.370 e. The van der Waals surface area contributed by atoms with Crippen LogP contribution in [-0.2, 0) is 6.18 Å². The summed E-state index contributed by atoms with van der Waals surface area (Å²) < 4.78 is 38.6. The van der Waals surface area contributed by atoms with Gasteiger partial charge in [-0.1, -0.05) is 0 Å². The molecule has 1 N–H and O–H groups in total. The van der Waals surface area contributed by atoms with Crippen molar-refractivity contribution < 1.29 is 13.2 Å². The van der Waals surface area contributed by atoms with E-state index in [0.717, 1.165) is 25.6 Å². The van der Waals surface area contributed by atoms with Gasteiger partial charge >= 0.3 is 6.18 Å². The molecule has 0 saturated carbocycles. The molecule has 6 heteroatoms. The van der Waals surface area contributed by atoms with E-state index >= 15 is 0 Å². The van der Waals surface area contributed by atoms with Gasteiger partial charge in [0.2, 0.25) is 0 Å². The largest absolute Gasteiger partial charge is 0.417 e. The topological polar surface area (TPSA) is 39.1 Å². The summed E-state index contributed by atoms with van der Waals surface area (Å²) in [4.78, 5) is 1.83. The minimum atomic E-state index is -4.50. The molecule has 0 radical (unpaired) electrons. The highest BCUT2D eigenvalue weighted by molar-refractivity contribution is 5.55. The van der Waals surface area contributed by atoms with Crippen LogP contribution in [0.4, 0.5) is 18.9 Å². The maximum absolute atomic E-state index is 12.9. The van der Waals surface area contributed by atoms with Gasteiger partial charge in [-0.15, -0.1) is 0 Å². The summed E-state index contributed by atoms with van der Waals surface area (Å²) in [6.45, 7) is 1.63. The highest BCUT2D eigenvalue weighted by Gasteiger charge is 2.34. The number of likely N-dealkylation sites (N-methyl/N-ethyl adjacent to an activating group) is 1. The van der Waals surface area contributed by atoms with E-state index in [0.29, 0.717) is 5.69 Å². The zero-order valence-corrected chi connectivity index (χ0v) is 10.5. The van der Waals surface area contributed by atoms with Crippen molar-refractivity contribution in [3.63, 3.8) is 0 Å². The first-order valence-electron chi connectivity index (χ1n) is 5.98. The molecule has 0 aromatic heterocycles. The lowest BCUT2D eigenvalue weighted by molar-refractivity contribution is -0.137. The summed E-state index contributed by atoms with van der Waals surface area (Å²) in [5.41, 5.74) is -0.723. The van der Waals surface area contributed by atoms with Gasteiger partial charge < -0.3 is 10.2 Å². The van der Waals surface area contributed by atoms with Gasteiger partial charge in [0, 0.05) is 25.3 Å². The molecule has 1 heterocycles. The zero-order chi connectivity index (χ0) is 14.0. The van der Waals surface area contributed by atoms with Crippen LogP contribution < -0.4 is 10.2 Å². The van der Waals surface area contributed by atoms with Crippen LogP contribution in [0.15, 0.2) is 18.2 Å². The van der Waals surface area contributed by atoms with Crippen molar-refractivity contribution in [2.24, 2.45) is 0 Å². The number of hydrogen-bond donors (Lipinski definition) is 1. The van der Waals surface area contributed by atoms with Crippen LogP contribution in [0.2, 0.25) is 0 Å². The first-order chi connectivity index (χ1) is 8.93. The van der Waals surface area contributed by atoms with Crippen molar-refractivity contribution in [3.05, 3.63) is 29.3 Å². The smallest absolute Gasteiger partial charge is 0.370 e. The molecule has 19 heavy (non-hydrogen) atoms. The van der Waals surface area contributed by atoms with E-state index in [1.165, 1.54) is 6.07 Å². The number of hydrogen-bond acceptors (Lipinski definition) is 3. The second-order valence-electron chi connectivity index (χ2n) is 4.60. The molecule has 0 bridgehead atoms. The molecular weight excluding hydrogens is 255 g/mol. The predicted molar refractivity (Wildman–Crippen MR) is 65.8 cm³/mol. The van der Waals surface area contributed by atoms with E-state index in [2.05, 4.69) is 5.32 Å². The Bertz CT molecular complexity index is 499. The lowest BCUT2D eigenvalue weighted by Gasteiger charge is -2.26. The summed E-state index contributed by atoms with van der Waals surface area (Å²) in [6, 6.07) is 5.62. The van der Waals surface area contributed by atoms with Crippen molar-refractivity contribution in [3.8, 4) is 6.07 Å². The number of nitriles is 1. The van der Waals surface area contributed by atoms with Crippen LogP contribution in [-0.4, -0.2) is 26.2 Å². The molecule has 0 aliphatic carbocycles. The normalized spacial score (nSPS) is 19.2. The van der Waals surface area contributed by atoms with E-state index in [-0.39, 0.29) is 11.6 Å². The van der Waals surface area contributed by atoms with Crippen LogP contribution in [0.1, 0.15) is 17.5 Å². The molecule has 1 saturated heterocycles. The highest BCUT2D eigenvalue weighted by atomic mass is 19.4. The van der Waals surface area contributed by atoms with Gasteiger partial charge in [0.25, 0.3) is 0 Å². The molecule has 1 fully saturated rings. The second-order valence-corrected chi connectivity index (χ2v) is 4.60. The fourth-order valence-corrected chi connectivity index (χ4v) is 2.26. The number of nitrogens with one attached hydrogen (secondary N) is 1. The molecule has 2 rings (SSSR count). The predicted octanol–water partition coefficient (Wildman–Crippen LogP) is 2.38. The Labute approximate surface area is 109 Å². The average Bonchev–Trinajstić information content (AvgIpc) is 2.90. The average molecular weight is 269 g/mol. The van der Waals surface area contributed by atoms with Crippen molar-refractivity contribution >= 4 is 5.69 Å². The molecule has 3 nitrogen and oxygen atoms in total. The Morgan fingerprint density at radius 3 is 2.68 bits per heavy atom. The number of benzene rings is 1. The summed E-state index contributed by atoms with van der Waals surface area (Å²) in [6.07, 6.45) is -3.60. The molecule has 1 aromatic rings. The lowest BCUT2D eigenvalue weighted by atomic mass is 10.1. The van der Waals surface area contributed by atoms with Crippen LogP contribution >= 0.6 is 0 Å². The summed E-state index contributed by atoms with van der Waals surface area (Å²) >= 11 is 0. The van der Waals surface area contributed by atoms with Gasteiger partial charge in [-0.3, -0.25) is 0 Å². The molecule has 1 unspecified atom stereocenters. The molecule has 1 aromatic carbocycles. The maximum atomic E-state index is 12.9. The molecule has 102 valence electrons. The van der Waals surface area contributed by atoms with Crippen LogP contribution in [0.3, 0.4) is 0 Å². The maximum Gasteiger partial charge on any atom is 0.417 e. The van der Waals surface area contributed by atoms with E-state index in [9.17, 15) is 13.2 Å². The van der Waals surface area contributed by atoms with Crippen molar-refractivity contribution in [2.45, 2.75) is 18.6 Å². The number of halogens is 3. The van der Waals surface area contributed by atoms with Crippen molar-refractivity contribution in [2.75, 3.05) is 25.0 Å². The Morgan fingerprint density at radius 2 is 2.16 bits per heavy atom. The van der Waals surface area contributed by atoms with E-state index in [1.54, 1.807) is 19.2 Å². The monoisotopic (exact) mass is 269 g/mol. The van der Waals surface area contributed by atoms with Gasteiger partial charge in [-0.2, -0.15) is 18.4 Å². The van der Waals surface area contributed by atoms with E-state index in [4.69, 9.17) is 5.26 Å². The van der Waals surface area contributed by atoms with Crippen LogP contribution in [0, 0.1) is 11.3 Å². The summed E-state index contributed by atoms with van der Waals surface area (Å²) in [7, 11) is 1.78. The number of anilines is 1. The first kappa shape index (κ1) is 13.7. The Hall–Kier alpha value is -1.74. The van der Waals surface area contributed by atoms with Crippen molar-refractivity contribution in [1.82, 2.24) is 5.32 Å². The van der Waals surface area contributed by atoms with E-state index < -0.39 is 11.7 Å². The quantitative estimate of drug-likeness (QED) is 0.896. The molecule has 1 aliphatic rings. The molecule has 0 amide bonds. The molecular formula is C13H14F3N3. The summed E-state index contributed by atoms with van der Waals surface area (Å²) in [5.74, 6) is 0. The van der Waals surface area contributed by atoms with Gasteiger partial charge in [-0.05, 0) is 31.2 Å². The van der Waals surface area contributed by atoms with Gasteiger partial charge in [0.15, 0.2) is 0 Å². The molecule has 1 aliphatic heterocycles. The van der Waals surface area contributed by atoms with Gasteiger partial charge in [0.05, 0.1) is 17.2 Å². The number of rotatable bonds is 2. The third-order valence-electron chi connectivity index (χ3n) is 3.42. The minimum absolute atomic E-state index is 0.189. The fraction of sp³-hybridized carbons (Fsp3) is 0.462.